The van der Waals surface area contributed by atoms with Crippen LogP contribution in [0, 0.1) is 13.8 Å². The molecule has 25 heavy (non-hydrogen) atoms. The molecule has 126 valence electrons. The molecule has 3 rings (SSSR count). The van der Waals surface area contributed by atoms with Crippen molar-refractivity contribution < 1.29 is 19.8 Å². The molecule has 0 radical (unpaired) electrons. The number of carbonyl (C=O) groups is 2. The molecule has 0 saturated heterocycles. The van der Waals surface area contributed by atoms with Crippen LogP contribution in [0.4, 0.5) is 0 Å². The van der Waals surface area contributed by atoms with Crippen molar-refractivity contribution in [2.45, 2.75) is 13.8 Å². The van der Waals surface area contributed by atoms with Crippen molar-refractivity contribution in [3.63, 3.8) is 0 Å². The molecular formula is C20H16O4S. The van der Waals surface area contributed by atoms with Gasteiger partial charge in [0.05, 0.1) is 0 Å². The van der Waals surface area contributed by atoms with Gasteiger partial charge >= 0.3 is 11.9 Å². The smallest absolute Gasteiger partial charge is 0.346 e. The van der Waals surface area contributed by atoms with Crippen LogP contribution in [0.15, 0.2) is 48.5 Å². The van der Waals surface area contributed by atoms with E-state index in [1.807, 2.05) is 62.4 Å². The molecule has 2 N–H and O–H groups in total. The Hall–Kier alpha value is -2.92. The number of hydrogen-bond acceptors (Lipinski definition) is 3. The van der Waals surface area contributed by atoms with E-state index in [4.69, 9.17) is 0 Å². The monoisotopic (exact) mass is 352 g/mol. The first-order valence-corrected chi connectivity index (χ1v) is 8.47. The second-order valence-electron chi connectivity index (χ2n) is 5.85. The molecule has 0 aliphatic rings. The van der Waals surface area contributed by atoms with Gasteiger partial charge in [0.2, 0.25) is 0 Å². The van der Waals surface area contributed by atoms with E-state index in [-0.39, 0.29) is 9.75 Å². The molecule has 0 spiro atoms. The number of thiophene rings is 1. The third kappa shape index (κ3) is 3.19. The minimum absolute atomic E-state index is 0.0387. The predicted molar refractivity (Wildman–Crippen MR) is 98.6 cm³/mol. The minimum atomic E-state index is -1.12. The van der Waals surface area contributed by atoms with Crippen molar-refractivity contribution in [1.82, 2.24) is 0 Å². The Balaban J connectivity index is 2.37. The fourth-order valence-corrected chi connectivity index (χ4v) is 3.75. The Bertz CT molecular complexity index is 873. The lowest BCUT2D eigenvalue weighted by Gasteiger charge is -2.09. The highest BCUT2D eigenvalue weighted by atomic mass is 32.1. The highest BCUT2D eigenvalue weighted by Crippen LogP contribution is 2.43. The molecular weight excluding hydrogens is 336 g/mol. The number of hydrogen-bond donors (Lipinski definition) is 2. The molecule has 0 saturated carbocycles. The highest BCUT2D eigenvalue weighted by Gasteiger charge is 2.27. The number of aromatic carboxylic acids is 2. The summed E-state index contributed by atoms with van der Waals surface area (Å²) in [7, 11) is 0. The Kier molecular flexibility index (Phi) is 4.42. The molecule has 0 aliphatic heterocycles. The van der Waals surface area contributed by atoms with Gasteiger partial charge < -0.3 is 10.2 Å². The molecule has 5 heteroatoms. The second kappa shape index (κ2) is 6.53. The number of rotatable bonds is 4. The summed E-state index contributed by atoms with van der Waals surface area (Å²) in [5, 5.41) is 19.2. The van der Waals surface area contributed by atoms with Crippen molar-refractivity contribution in [1.29, 1.82) is 0 Å². The molecule has 2 aromatic carbocycles. The summed E-state index contributed by atoms with van der Waals surface area (Å²) in [6.45, 7) is 3.89. The molecule has 0 fully saturated rings. The molecule has 0 aliphatic carbocycles. The van der Waals surface area contributed by atoms with Crippen LogP contribution in [0.1, 0.15) is 30.5 Å². The van der Waals surface area contributed by atoms with E-state index in [1.165, 1.54) is 0 Å². The Morgan fingerprint density at radius 1 is 0.680 bits per heavy atom. The van der Waals surface area contributed by atoms with Crippen LogP contribution < -0.4 is 0 Å². The van der Waals surface area contributed by atoms with Gasteiger partial charge in [0.25, 0.3) is 0 Å². The van der Waals surface area contributed by atoms with Gasteiger partial charge in [-0.05, 0) is 25.0 Å². The van der Waals surface area contributed by atoms with Crippen LogP contribution in [0.25, 0.3) is 22.3 Å². The fraction of sp³-hybridized carbons (Fsp3) is 0.100. The van der Waals surface area contributed by atoms with Crippen molar-refractivity contribution in [3.05, 3.63) is 69.4 Å². The minimum Gasteiger partial charge on any atom is -0.477 e. The van der Waals surface area contributed by atoms with E-state index in [2.05, 4.69) is 0 Å². The van der Waals surface area contributed by atoms with Gasteiger partial charge in [-0.25, -0.2) is 9.59 Å². The molecule has 0 unspecified atom stereocenters. The summed E-state index contributed by atoms with van der Waals surface area (Å²) >= 11 is 0.801. The van der Waals surface area contributed by atoms with Crippen molar-refractivity contribution >= 4 is 23.3 Å². The molecule has 1 aromatic heterocycles. The van der Waals surface area contributed by atoms with Crippen LogP contribution in [0.2, 0.25) is 0 Å². The van der Waals surface area contributed by atoms with Crippen LogP contribution >= 0.6 is 11.3 Å². The number of aryl methyl sites for hydroxylation is 2. The van der Waals surface area contributed by atoms with Gasteiger partial charge in [0.1, 0.15) is 9.75 Å². The lowest BCUT2D eigenvalue weighted by molar-refractivity contribution is 0.0694. The molecule has 1 heterocycles. The first-order valence-electron chi connectivity index (χ1n) is 7.66. The zero-order valence-electron chi connectivity index (χ0n) is 13.7. The number of carboxylic acids is 2. The lowest BCUT2D eigenvalue weighted by atomic mass is 9.94. The quantitative estimate of drug-likeness (QED) is 0.685. The molecule has 4 nitrogen and oxygen atoms in total. The first kappa shape index (κ1) is 16.9. The van der Waals surface area contributed by atoms with E-state index in [0.29, 0.717) is 22.3 Å². The fourth-order valence-electron chi connectivity index (χ4n) is 2.72. The Labute approximate surface area is 149 Å². The Morgan fingerprint density at radius 3 is 1.28 bits per heavy atom. The van der Waals surface area contributed by atoms with Crippen molar-refractivity contribution in [2.24, 2.45) is 0 Å². The van der Waals surface area contributed by atoms with E-state index >= 15 is 0 Å². The van der Waals surface area contributed by atoms with E-state index < -0.39 is 11.9 Å². The van der Waals surface area contributed by atoms with Crippen LogP contribution in [-0.2, 0) is 0 Å². The molecule has 0 bridgehead atoms. The third-order valence-corrected chi connectivity index (χ3v) is 5.14. The standard InChI is InChI=1S/C20H16O4S/c1-11-3-7-13(8-4-11)15-16(14-9-5-12(2)6-10-14)18(20(23)24)25-17(15)19(21)22/h3-10H,1-2H3,(H,21,22)(H,23,24). The zero-order chi connectivity index (χ0) is 18.1. The summed E-state index contributed by atoms with van der Waals surface area (Å²) < 4.78 is 0. The number of benzene rings is 2. The van der Waals surface area contributed by atoms with Gasteiger partial charge in [-0.2, -0.15) is 0 Å². The van der Waals surface area contributed by atoms with Crippen LogP contribution in [0.5, 0.6) is 0 Å². The van der Waals surface area contributed by atoms with Crippen LogP contribution in [-0.4, -0.2) is 22.2 Å². The van der Waals surface area contributed by atoms with Gasteiger partial charge in [-0.1, -0.05) is 59.7 Å². The topological polar surface area (TPSA) is 74.6 Å². The predicted octanol–water partition coefficient (Wildman–Crippen LogP) is 5.10. The van der Waals surface area contributed by atoms with Crippen molar-refractivity contribution in [3.8, 4) is 22.3 Å². The van der Waals surface area contributed by atoms with Gasteiger partial charge in [-0.15, -0.1) is 11.3 Å². The normalized spacial score (nSPS) is 10.6. The molecule has 0 atom stereocenters. The summed E-state index contributed by atoms with van der Waals surface area (Å²) in [5.41, 5.74) is 4.40. The maximum Gasteiger partial charge on any atom is 0.346 e. The largest absolute Gasteiger partial charge is 0.477 e. The van der Waals surface area contributed by atoms with E-state index in [0.717, 1.165) is 22.5 Å². The SMILES string of the molecule is Cc1ccc(-c2c(C(=O)O)sc(C(=O)O)c2-c2ccc(C)cc2)cc1. The van der Waals surface area contributed by atoms with Gasteiger partial charge in [0.15, 0.2) is 0 Å². The maximum absolute atomic E-state index is 11.8. The van der Waals surface area contributed by atoms with E-state index in [1.54, 1.807) is 0 Å². The zero-order valence-corrected chi connectivity index (χ0v) is 14.6. The first-order chi connectivity index (χ1) is 11.9. The summed E-state index contributed by atoms with van der Waals surface area (Å²) in [4.78, 5) is 23.6. The number of carboxylic acid groups (broad SMARTS) is 2. The average molecular weight is 352 g/mol. The molecule has 0 amide bonds. The van der Waals surface area contributed by atoms with Crippen molar-refractivity contribution in [2.75, 3.05) is 0 Å². The third-order valence-electron chi connectivity index (χ3n) is 3.98. The summed E-state index contributed by atoms with van der Waals surface area (Å²) in [6.07, 6.45) is 0. The Morgan fingerprint density at radius 2 is 1.00 bits per heavy atom. The molecule has 3 aromatic rings. The highest BCUT2D eigenvalue weighted by molar-refractivity contribution is 7.17. The summed E-state index contributed by atoms with van der Waals surface area (Å²) in [5.74, 6) is -2.25. The lowest BCUT2D eigenvalue weighted by Crippen LogP contribution is -1.97. The average Bonchev–Trinajstić information content (AvgIpc) is 2.97. The maximum atomic E-state index is 11.8. The van der Waals surface area contributed by atoms with Gasteiger partial charge in [-0.3, -0.25) is 0 Å². The van der Waals surface area contributed by atoms with E-state index in [9.17, 15) is 19.8 Å². The van der Waals surface area contributed by atoms with Gasteiger partial charge in [0, 0.05) is 11.1 Å². The summed E-state index contributed by atoms with van der Waals surface area (Å²) in [6, 6.07) is 14.9. The van der Waals surface area contributed by atoms with Crippen LogP contribution in [0.3, 0.4) is 0 Å². The second-order valence-corrected chi connectivity index (χ2v) is 6.87.